The van der Waals surface area contributed by atoms with E-state index < -0.39 is 0 Å². The molecule has 5 heterocycles. The fourth-order valence-electron chi connectivity index (χ4n) is 5.59. The molecule has 8 nitrogen and oxygen atoms in total. The number of rotatable bonds is 0. The molecular formula is C32H19N8Na. The summed E-state index contributed by atoms with van der Waals surface area (Å²) in [6.45, 7) is 0. The maximum absolute atomic E-state index is 5.02. The first-order valence-corrected chi connectivity index (χ1v) is 13.0. The molecule has 41 heavy (non-hydrogen) atoms. The van der Waals surface area contributed by atoms with Gasteiger partial charge in [-0.15, -0.1) is 0 Å². The molecule has 7 aromatic rings. The first kappa shape index (κ1) is 24.1. The van der Waals surface area contributed by atoms with Gasteiger partial charge in [0, 0.05) is 43.8 Å². The number of hydrogen-bond acceptors (Lipinski definition) is 6. The summed E-state index contributed by atoms with van der Waals surface area (Å²) in [6, 6.07) is 32.2. The monoisotopic (exact) mass is 538 g/mol. The molecule has 4 aromatic carbocycles. The van der Waals surface area contributed by atoms with Gasteiger partial charge in [-0.3, -0.25) is 0 Å². The molecule has 2 aliphatic rings. The van der Waals surface area contributed by atoms with Crippen molar-refractivity contribution in [3.05, 3.63) is 97.1 Å². The van der Waals surface area contributed by atoms with E-state index >= 15 is 0 Å². The van der Waals surface area contributed by atoms with E-state index in [1.165, 1.54) is 0 Å². The molecule has 0 saturated heterocycles. The number of aromatic amines is 2. The summed E-state index contributed by atoms with van der Waals surface area (Å²) >= 11 is 0. The Morgan fingerprint density at radius 2 is 0.561 bits per heavy atom. The predicted molar refractivity (Wildman–Crippen MR) is 163 cm³/mol. The summed E-state index contributed by atoms with van der Waals surface area (Å²) in [5.41, 5.74) is 6.45. The van der Waals surface area contributed by atoms with Crippen LogP contribution in [0.4, 0.5) is 0 Å². The van der Waals surface area contributed by atoms with E-state index in [0.29, 0.717) is 45.9 Å². The second kappa shape index (κ2) is 9.14. The normalized spacial score (nSPS) is 11.7. The van der Waals surface area contributed by atoms with Crippen molar-refractivity contribution >= 4 is 73.7 Å². The van der Waals surface area contributed by atoms with E-state index in [4.69, 9.17) is 29.9 Å². The van der Waals surface area contributed by atoms with E-state index in [2.05, 4.69) is 9.97 Å². The Bertz CT molecular complexity index is 2030. The van der Waals surface area contributed by atoms with Crippen LogP contribution >= 0.6 is 0 Å². The van der Waals surface area contributed by atoms with Crippen LogP contribution in [0.25, 0.3) is 89.7 Å². The summed E-state index contributed by atoms with van der Waals surface area (Å²) in [5.74, 6) is 2.39. The second-order valence-corrected chi connectivity index (χ2v) is 9.79. The average molecular weight is 539 g/mol. The Balaban J connectivity index is 0.00000256. The van der Waals surface area contributed by atoms with Gasteiger partial charge < -0.3 is 9.97 Å². The molecule has 0 fully saturated rings. The minimum absolute atomic E-state index is 0. The molecule has 0 radical (unpaired) electrons. The van der Waals surface area contributed by atoms with Crippen LogP contribution < -0.4 is 0 Å². The number of nitrogens with zero attached hydrogens (tertiary/aromatic N) is 6. The molecule has 0 spiro atoms. The van der Waals surface area contributed by atoms with E-state index in [9.17, 15) is 0 Å². The quantitative estimate of drug-likeness (QED) is 0.222. The van der Waals surface area contributed by atoms with Crippen LogP contribution in [-0.2, 0) is 0 Å². The fraction of sp³-hybridized carbons (Fsp3) is 0. The molecule has 9 heteroatoms. The Labute approximate surface area is 254 Å². The van der Waals surface area contributed by atoms with Gasteiger partial charge in [-0.2, -0.15) is 0 Å². The number of benzene rings is 4. The topological polar surface area (TPSA) is 109 Å². The van der Waals surface area contributed by atoms with Gasteiger partial charge in [-0.25, -0.2) is 29.9 Å². The molecule has 3 aromatic heterocycles. The van der Waals surface area contributed by atoms with Crippen molar-refractivity contribution in [3.63, 3.8) is 0 Å². The van der Waals surface area contributed by atoms with Gasteiger partial charge in [0.2, 0.25) is 0 Å². The van der Waals surface area contributed by atoms with Gasteiger partial charge in [0.15, 0.2) is 23.3 Å². The zero-order valence-corrected chi connectivity index (χ0v) is 20.9. The third-order valence-corrected chi connectivity index (χ3v) is 7.46. The summed E-state index contributed by atoms with van der Waals surface area (Å²) in [4.78, 5) is 36.8. The first-order valence-electron chi connectivity index (χ1n) is 13.0. The maximum atomic E-state index is 5.02. The number of fused-ring (bicyclic) bond motifs is 20. The number of nitrogens with one attached hydrogen (secondary N) is 2. The summed E-state index contributed by atoms with van der Waals surface area (Å²) < 4.78 is 0. The zero-order chi connectivity index (χ0) is 26.2. The van der Waals surface area contributed by atoms with Crippen LogP contribution in [0.2, 0.25) is 0 Å². The van der Waals surface area contributed by atoms with Gasteiger partial charge in [-0.05, 0) is 0 Å². The largest absolute Gasteiger partial charge is 0.324 e. The van der Waals surface area contributed by atoms with E-state index in [0.717, 1.165) is 43.8 Å². The van der Waals surface area contributed by atoms with Crippen LogP contribution in [0.15, 0.2) is 97.1 Å². The second-order valence-electron chi connectivity index (χ2n) is 9.79. The third kappa shape index (κ3) is 3.65. The van der Waals surface area contributed by atoms with Gasteiger partial charge >= 0.3 is 29.6 Å². The van der Waals surface area contributed by atoms with Gasteiger partial charge in [0.25, 0.3) is 0 Å². The van der Waals surface area contributed by atoms with Crippen molar-refractivity contribution in [2.45, 2.75) is 0 Å². The predicted octanol–water partition coefficient (Wildman–Crippen LogP) is 6.22. The fourth-order valence-corrected chi connectivity index (χ4v) is 5.59. The van der Waals surface area contributed by atoms with Crippen LogP contribution in [-0.4, -0.2) is 69.4 Å². The number of aromatic nitrogens is 8. The standard InChI is InChI=1S/C32H18N8.Na.H/c1-2-10-18-17(9-1)25-33-26(18)38-28-21-13-5-6-14-22(21)30(35-28)40-32-24-16-8-7-15-23(24)31(36-32)39-29-20-12-4-3-11-19(20)27(34-29)37-25;;/h1-16H,(H2,33,34,35,36,37,38,39,40);;. The maximum Gasteiger partial charge on any atom is 0.164 e. The molecule has 0 aliphatic carbocycles. The van der Waals surface area contributed by atoms with Crippen molar-refractivity contribution in [3.8, 4) is 45.6 Å². The van der Waals surface area contributed by atoms with Gasteiger partial charge in [0.1, 0.15) is 22.6 Å². The SMILES string of the molecule is [NaH].c1ccc2c(c1)-c1nc-2nc2[nH]c(nc3nc(nc4[nH]c(n1)c1ccccc41)-c1ccccc1-3)c1ccccc21. The molecule has 0 unspecified atom stereocenters. The van der Waals surface area contributed by atoms with Crippen LogP contribution in [0.1, 0.15) is 0 Å². The first-order chi connectivity index (χ1) is 19.8. The van der Waals surface area contributed by atoms with Crippen molar-refractivity contribution in [2.75, 3.05) is 0 Å². The minimum Gasteiger partial charge on any atom is -0.324 e. The molecule has 8 bridgehead atoms. The molecule has 188 valence electrons. The van der Waals surface area contributed by atoms with E-state index in [-0.39, 0.29) is 29.6 Å². The van der Waals surface area contributed by atoms with E-state index in [1.54, 1.807) is 0 Å². The van der Waals surface area contributed by atoms with Crippen molar-refractivity contribution < 1.29 is 0 Å². The van der Waals surface area contributed by atoms with Crippen molar-refractivity contribution in [1.82, 2.24) is 39.9 Å². The van der Waals surface area contributed by atoms with Crippen LogP contribution in [0.3, 0.4) is 0 Å². The van der Waals surface area contributed by atoms with Crippen molar-refractivity contribution in [2.24, 2.45) is 0 Å². The number of hydrogen-bond donors (Lipinski definition) is 2. The summed E-state index contributed by atoms with van der Waals surface area (Å²) in [7, 11) is 0. The Morgan fingerprint density at radius 1 is 0.317 bits per heavy atom. The molecular weight excluding hydrogens is 519 g/mol. The molecule has 0 atom stereocenters. The van der Waals surface area contributed by atoms with Gasteiger partial charge in [-0.1, -0.05) is 97.1 Å². The summed E-state index contributed by atoms with van der Waals surface area (Å²) in [6.07, 6.45) is 0. The Kier molecular flexibility index (Phi) is 5.36. The van der Waals surface area contributed by atoms with Gasteiger partial charge in [0.05, 0.1) is 0 Å². The molecule has 0 saturated carbocycles. The number of H-pyrrole nitrogens is 2. The van der Waals surface area contributed by atoms with Crippen LogP contribution in [0, 0.1) is 0 Å². The smallest absolute Gasteiger partial charge is 0.164 e. The Hall–Kier alpha value is -4.76. The van der Waals surface area contributed by atoms with Crippen molar-refractivity contribution in [1.29, 1.82) is 0 Å². The molecule has 0 amide bonds. The summed E-state index contributed by atoms with van der Waals surface area (Å²) in [5, 5.41) is 3.82. The molecule has 2 N–H and O–H groups in total. The zero-order valence-electron chi connectivity index (χ0n) is 20.9. The molecule has 9 rings (SSSR count). The minimum atomic E-state index is 0. The van der Waals surface area contributed by atoms with Crippen LogP contribution in [0.5, 0.6) is 0 Å². The molecule has 2 aliphatic heterocycles. The third-order valence-electron chi connectivity index (χ3n) is 7.46. The Morgan fingerprint density at radius 3 is 0.829 bits per heavy atom. The average Bonchev–Trinajstić information content (AvgIpc) is 3.73. The van der Waals surface area contributed by atoms with E-state index in [1.807, 2.05) is 97.1 Å².